The molecule has 5 rings (SSSR count). The van der Waals surface area contributed by atoms with E-state index in [1.807, 2.05) is 36.0 Å². The van der Waals surface area contributed by atoms with Crippen molar-refractivity contribution in [2.75, 3.05) is 6.61 Å². The molecule has 3 aromatic carbocycles. The van der Waals surface area contributed by atoms with Gasteiger partial charge >= 0.3 is 5.97 Å². The van der Waals surface area contributed by atoms with Crippen LogP contribution in [0.25, 0.3) is 0 Å². The molecule has 0 saturated carbocycles. The van der Waals surface area contributed by atoms with Crippen molar-refractivity contribution in [3.05, 3.63) is 94.5 Å². The molecule has 6 heteroatoms. The molecule has 2 atom stereocenters. The van der Waals surface area contributed by atoms with Crippen molar-refractivity contribution in [3.63, 3.8) is 0 Å². The number of benzene rings is 3. The molecule has 0 aromatic heterocycles. The molecule has 2 aliphatic rings. The van der Waals surface area contributed by atoms with E-state index in [-0.39, 0.29) is 30.1 Å². The fourth-order valence-electron chi connectivity index (χ4n) is 5.65. The van der Waals surface area contributed by atoms with E-state index in [0.29, 0.717) is 12.2 Å². The fourth-order valence-corrected chi connectivity index (χ4v) is 6.61. The van der Waals surface area contributed by atoms with Gasteiger partial charge in [-0.1, -0.05) is 29.8 Å². The maximum Gasteiger partial charge on any atom is 0.338 e. The molecule has 0 radical (unpaired) electrons. The minimum Gasteiger partial charge on any atom is -0.490 e. The molecular formula is C32H35NO4S. The number of esters is 1. The van der Waals surface area contributed by atoms with Crippen LogP contribution in [0.3, 0.4) is 0 Å². The molecule has 3 aromatic rings. The van der Waals surface area contributed by atoms with E-state index < -0.39 is 0 Å². The highest BCUT2D eigenvalue weighted by atomic mass is 32.2. The largest absolute Gasteiger partial charge is 0.490 e. The van der Waals surface area contributed by atoms with Gasteiger partial charge in [0.2, 0.25) is 0 Å². The number of aryl methyl sites for hydroxylation is 2. The number of amides is 1. The molecule has 2 saturated heterocycles. The number of thioether (sulfide) groups is 1. The minimum absolute atomic E-state index is 0.0645. The van der Waals surface area contributed by atoms with Crippen LogP contribution < -0.4 is 4.74 Å². The first-order chi connectivity index (χ1) is 18.4. The van der Waals surface area contributed by atoms with Crippen LogP contribution in [0.1, 0.15) is 70.0 Å². The van der Waals surface area contributed by atoms with Crippen molar-refractivity contribution >= 4 is 23.6 Å². The second kappa shape index (κ2) is 11.6. The van der Waals surface area contributed by atoms with Gasteiger partial charge in [-0.3, -0.25) is 4.79 Å². The van der Waals surface area contributed by atoms with Crippen LogP contribution in [0, 0.1) is 13.8 Å². The summed E-state index contributed by atoms with van der Waals surface area (Å²) in [5.41, 5.74) is 5.09. The highest BCUT2D eigenvalue weighted by molar-refractivity contribution is 7.98. The predicted molar refractivity (Wildman–Crippen MR) is 151 cm³/mol. The number of hydrogen-bond donors (Lipinski definition) is 0. The molecule has 2 bridgehead atoms. The number of piperidine rings is 1. The van der Waals surface area contributed by atoms with Gasteiger partial charge in [0.05, 0.1) is 12.2 Å². The molecule has 1 amide bonds. The summed E-state index contributed by atoms with van der Waals surface area (Å²) in [6, 6.07) is 22.2. The second-order valence-corrected chi connectivity index (χ2v) is 11.3. The number of carbonyl (C=O) groups is 2. The third-order valence-electron chi connectivity index (χ3n) is 7.52. The van der Waals surface area contributed by atoms with Crippen LogP contribution in [0.15, 0.2) is 71.6 Å². The van der Waals surface area contributed by atoms with Crippen LogP contribution in [-0.4, -0.2) is 41.6 Å². The van der Waals surface area contributed by atoms with Crippen molar-refractivity contribution in [2.24, 2.45) is 0 Å². The Kier molecular flexibility index (Phi) is 8.08. The normalized spacial score (nSPS) is 20.3. The molecular weight excluding hydrogens is 494 g/mol. The topological polar surface area (TPSA) is 55.8 Å². The van der Waals surface area contributed by atoms with E-state index in [0.717, 1.165) is 42.7 Å². The van der Waals surface area contributed by atoms with Gasteiger partial charge in [0.15, 0.2) is 0 Å². The van der Waals surface area contributed by atoms with E-state index in [4.69, 9.17) is 9.47 Å². The lowest BCUT2D eigenvalue weighted by Crippen LogP contribution is -2.49. The van der Waals surface area contributed by atoms with E-state index >= 15 is 0 Å². The summed E-state index contributed by atoms with van der Waals surface area (Å²) < 4.78 is 11.3. The van der Waals surface area contributed by atoms with Crippen molar-refractivity contribution in [3.8, 4) is 5.75 Å². The minimum atomic E-state index is -0.322. The van der Waals surface area contributed by atoms with Crippen LogP contribution in [0.2, 0.25) is 0 Å². The maximum atomic E-state index is 13.5. The summed E-state index contributed by atoms with van der Waals surface area (Å²) in [4.78, 5) is 28.8. The first-order valence-electron chi connectivity index (χ1n) is 13.5. The summed E-state index contributed by atoms with van der Waals surface area (Å²) >= 11 is 1.83. The second-order valence-electron chi connectivity index (χ2n) is 10.3. The molecule has 198 valence electrons. The van der Waals surface area contributed by atoms with Crippen molar-refractivity contribution in [1.82, 2.24) is 4.90 Å². The zero-order chi connectivity index (χ0) is 26.6. The summed E-state index contributed by atoms with van der Waals surface area (Å²) in [5.74, 6) is 1.43. The van der Waals surface area contributed by atoms with Gasteiger partial charge < -0.3 is 14.4 Å². The number of ether oxygens (including phenoxy) is 2. The average molecular weight is 530 g/mol. The van der Waals surface area contributed by atoms with E-state index in [9.17, 15) is 9.59 Å². The summed E-state index contributed by atoms with van der Waals surface area (Å²) in [7, 11) is 0. The molecule has 38 heavy (non-hydrogen) atoms. The zero-order valence-corrected chi connectivity index (χ0v) is 23.1. The monoisotopic (exact) mass is 529 g/mol. The maximum absolute atomic E-state index is 13.5. The first kappa shape index (κ1) is 26.4. The van der Waals surface area contributed by atoms with Gasteiger partial charge in [-0.05, 0) is 87.2 Å². The van der Waals surface area contributed by atoms with Gasteiger partial charge in [-0.2, -0.15) is 0 Å². The average Bonchev–Trinajstić information content (AvgIpc) is 3.18. The van der Waals surface area contributed by atoms with Crippen molar-refractivity contribution < 1.29 is 19.1 Å². The quantitative estimate of drug-likeness (QED) is 0.233. The molecule has 2 aliphatic heterocycles. The lowest BCUT2D eigenvalue weighted by atomic mass is 9.98. The van der Waals surface area contributed by atoms with E-state index in [2.05, 4.69) is 49.1 Å². The molecule has 2 fully saturated rings. The molecule has 0 spiro atoms. The van der Waals surface area contributed by atoms with Crippen LogP contribution in [-0.2, 0) is 10.5 Å². The Bertz CT molecular complexity index is 1270. The number of nitrogens with zero attached hydrogens (tertiary/aromatic N) is 1. The van der Waals surface area contributed by atoms with Gasteiger partial charge in [-0.15, -0.1) is 11.8 Å². The number of fused-ring (bicyclic) bond motifs is 2. The lowest BCUT2D eigenvalue weighted by Gasteiger charge is -2.39. The number of hydrogen-bond acceptors (Lipinski definition) is 5. The van der Waals surface area contributed by atoms with Crippen LogP contribution >= 0.6 is 11.8 Å². The Balaban J connectivity index is 1.17. The van der Waals surface area contributed by atoms with E-state index in [1.54, 1.807) is 19.1 Å². The third kappa shape index (κ3) is 5.91. The van der Waals surface area contributed by atoms with Gasteiger partial charge in [0.1, 0.15) is 11.9 Å². The van der Waals surface area contributed by atoms with Gasteiger partial charge in [0, 0.05) is 41.1 Å². The van der Waals surface area contributed by atoms with Gasteiger partial charge in [-0.25, -0.2) is 4.79 Å². The van der Waals surface area contributed by atoms with Gasteiger partial charge in [0.25, 0.3) is 5.91 Å². The molecule has 2 heterocycles. The third-order valence-corrected chi connectivity index (χ3v) is 8.76. The van der Waals surface area contributed by atoms with Crippen LogP contribution in [0.4, 0.5) is 0 Å². The predicted octanol–water partition coefficient (Wildman–Crippen LogP) is 6.99. The zero-order valence-electron chi connectivity index (χ0n) is 22.3. The summed E-state index contributed by atoms with van der Waals surface area (Å²) in [6.07, 6.45) is 3.75. The Hall–Kier alpha value is -3.25. The number of rotatable bonds is 8. The highest BCUT2D eigenvalue weighted by Gasteiger charge is 2.44. The first-order valence-corrected chi connectivity index (χ1v) is 14.5. The highest BCUT2D eigenvalue weighted by Crippen LogP contribution is 2.38. The fraction of sp³-hybridized carbons (Fsp3) is 0.375. The summed E-state index contributed by atoms with van der Waals surface area (Å²) in [6.45, 7) is 6.42. The van der Waals surface area contributed by atoms with E-state index in [1.165, 1.54) is 21.6 Å². The van der Waals surface area contributed by atoms with Crippen LogP contribution in [0.5, 0.6) is 5.75 Å². The molecule has 0 N–H and O–H groups in total. The molecule has 0 aliphatic carbocycles. The summed E-state index contributed by atoms with van der Waals surface area (Å²) in [5, 5.41) is 0. The Morgan fingerprint density at radius 2 is 1.55 bits per heavy atom. The Labute approximate surface area is 229 Å². The Morgan fingerprint density at radius 1 is 0.895 bits per heavy atom. The standard InChI is InChI=1S/C32H35NO4S/c1-4-36-32(35)25-10-14-28(15-11-25)37-29-18-26-12-13-27(19-29)33(26)31(34)24-8-6-23(7-9-24)20-38-30-16-5-21(2)17-22(30)3/h5-11,14-17,26-27,29H,4,12-13,18-20H2,1-3H3. The lowest BCUT2D eigenvalue weighted by molar-refractivity contribution is 0.0359. The van der Waals surface area contributed by atoms with Crippen molar-refractivity contribution in [1.29, 1.82) is 0 Å². The molecule has 2 unspecified atom stereocenters. The molecule has 5 nitrogen and oxygen atoms in total. The Morgan fingerprint density at radius 3 is 2.18 bits per heavy atom. The number of carbonyl (C=O) groups excluding carboxylic acids is 2. The van der Waals surface area contributed by atoms with Crippen molar-refractivity contribution in [2.45, 2.75) is 75.3 Å². The smallest absolute Gasteiger partial charge is 0.338 e. The SMILES string of the molecule is CCOC(=O)c1ccc(OC2CC3CCC(C2)N3C(=O)c2ccc(CSc3ccc(C)cc3C)cc2)cc1.